The molecule has 0 atom stereocenters. The molecule has 0 fully saturated rings. The minimum Gasteiger partial charge on any atom is -2.00 e. The van der Waals surface area contributed by atoms with Gasteiger partial charge in [0.2, 0.25) is 0 Å². The van der Waals surface area contributed by atoms with Crippen LogP contribution in [0.4, 0.5) is 0 Å². The first-order valence-corrected chi connectivity index (χ1v) is 0. The van der Waals surface area contributed by atoms with Crippen molar-refractivity contribution in [2.75, 3.05) is 0 Å². The predicted molar refractivity (Wildman–Crippen MR) is 9.19 cm³/mol. The minimum absolute atomic E-state index is 0. The second kappa shape index (κ2) is 110. The van der Waals surface area contributed by atoms with Gasteiger partial charge in [0.05, 0.1) is 0 Å². The third kappa shape index (κ3) is 91.5. The Labute approximate surface area is 226 Å². The second-order valence-corrected chi connectivity index (χ2v) is 0. The largest absolute Gasteiger partial charge is 2.00 e. The van der Waals surface area contributed by atoms with E-state index in [0.717, 1.165) is 0 Å². The van der Waals surface area contributed by atoms with E-state index in [1.165, 1.54) is 0 Å². The zero-order chi connectivity index (χ0) is 0. The van der Waals surface area contributed by atoms with Crippen LogP contribution in [0.1, 0.15) is 0 Å². The van der Waals surface area contributed by atoms with Gasteiger partial charge in [-0.15, -0.1) is 0 Å². The number of hydrogen-bond donors (Lipinski definition) is 0. The molecule has 0 saturated heterocycles. The van der Waals surface area contributed by atoms with Crippen molar-refractivity contribution in [3.8, 4) is 0 Å². The van der Waals surface area contributed by atoms with E-state index >= 15 is 0 Å². The summed E-state index contributed by atoms with van der Waals surface area (Å²) in [5.74, 6) is 0. The van der Waals surface area contributed by atoms with Gasteiger partial charge in [-0.1, -0.05) is 0 Å². The first-order valence-electron chi connectivity index (χ1n) is 0. The molecule has 12 heteroatoms. The molecule has 4 radical (unpaired) electrons. The molecule has 0 amide bonds. The van der Waals surface area contributed by atoms with Gasteiger partial charge in [0.15, 0.2) is 0 Å². The summed E-state index contributed by atoms with van der Waals surface area (Å²) in [5, 5.41) is 0. The quantitative estimate of drug-likeness (QED) is 0.340. The molecule has 0 unspecified atom stereocenters. The fourth-order valence-electron chi connectivity index (χ4n) is 0. The molecule has 0 aromatic carbocycles. The van der Waals surface area contributed by atoms with E-state index < -0.39 is 0 Å². The Morgan fingerprint density at radius 3 is 0.250 bits per heavy atom. The average Bonchev–Trinajstić information content (AvgIpc) is 0. The number of hydrogen-bond acceptors (Lipinski definition) is 0. The molecular formula is Na6O5Pb-4. The Hall–Kier alpha value is 6.72. The first kappa shape index (κ1) is 130. The van der Waals surface area contributed by atoms with Crippen LogP contribution in [0.2, 0.25) is 0 Å². The minimum atomic E-state index is 0. The average molecular weight is 425 g/mol. The number of rotatable bonds is 0. The molecule has 0 aliphatic heterocycles. The molecule has 0 rings (SSSR count). The predicted octanol–water partition coefficient (Wildman–Crippen LogP) is -19.0. The van der Waals surface area contributed by atoms with Crippen LogP contribution in [-0.2, 0) is 27.4 Å². The summed E-state index contributed by atoms with van der Waals surface area (Å²) in [5.41, 5.74) is 0. The Balaban J connectivity index is 0. The van der Waals surface area contributed by atoms with Crippen molar-refractivity contribution in [1.29, 1.82) is 0 Å². The van der Waals surface area contributed by atoms with E-state index in [-0.39, 0.29) is 232 Å². The molecule has 12 heavy (non-hydrogen) atoms. The Morgan fingerprint density at radius 2 is 0.250 bits per heavy atom. The summed E-state index contributed by atoms with van der Waals surface area (Å²) in [7, 11) is 0. The van der Waals surface area contributed by atoms with Gasteiger partial charge in [-0.2, -0.15) is 0 Å². The molecule has 0 N–H and O–H groups in total. The first-order chi connectivity index (χ1) is 0. The zero-order valence-electron chi connectivity index (χ0n) is 8.54. The summed E-state index contributed by atoms with van der Waals surface area (Å²) in [6, 6.07) is 0. The van der Waals surface area contributed by atoms with Crippen LogP contribution in [0, 0.1) is 0 Å². The van der Waals surface area contributed by atoms with Crippen LogP contribution < -0.4 is 177 Å². The van der Waals surface area contributed by atoms with Crippen LogP contribution in [-0.4, -0.2) is 27.3 Å². The summed E-state index contributed by atoms with van der Waals surface area (Å²) in [6.45, 7) is 0. The van der Waals surface area contributed by atoms with E-state index in [2.05, 4.69) is 0 Å². The van der Waals surface area contributed by atoms with Gasteiger partial charge in [-0.25, -0.2) is 0 Å². The van der Waals surface area contributed by atoms with Gasteiger partial charge in [0.25, 0.3) is 0 Å². The van der Waals surface area contributed by atoms with Gasteiger partial charge in [0.1, 0.15) is 0 Å². The molecule has 0 spiro atoms. The molecule has 0 aromatic heterocycles. The molecule has 44 valence electrons. The maximum absolute atomic E-state index is 0. The van der Waals surface area contributed by atoms with E-state index in [1.807, 2.05) is 0 Å². The molecule has 0 aliphatic carbocycles. The summed E-state index contributed by atoms with van der Waals surface area (Å²) in [6.07, 6.45) is 0. The van der Waals surface area contributed by atoms with Gasteiger partial charge in [-0.3, -0.25) is 0 Å². The van der Waals surface area contributed by atoms with Crippen molar-refractivity contribution in [2.45, 2.75) is 0 Å². The smallest absolute Gasteiger partial charge is 1.00 e. The molecule has 0 bridgehead atoms. The van der Waals surface area contributed by atoms with Gasteiger partial charge >= 0.3 is 177 Å². The fourth-order valence-corrected chi connectivity index (χ4v) is 0. The van der Waals surface area contributed by atoms with Crippen LogP contribution in [0.5, 0.6) is 0 Å². The van der Waals surface area contributed by atoms with Crippen LogP contribution in [0.3, 0.4) is 0 Å². The van der Waals surface area contributed by atoms with Crippen molar-refractivity contribution in [3.63, 3.8) is 0 Å². The van der Waals surface area contributed by atoms with E-state index in [4.69, 9.17) is 0 Å². The molecule has 0 aliphatic rings. The SMILES string of the molecule is [Na+].[Na+].[Na+].[Na+].[Na+].[Na+].[O-2].[O-2].[O-2].[O-2].[O-2].[Pb]. The van der Waals surface area contributed by atoms with E-state index in [9.17, 15) is 0 Å². The van der Waals surface area contributed by atoms with Crippen molar-refractivity contribution in [1.82, 2.24) is 0 Å². The normalized spacial score (nSPS) is 0. The third-order valence-corrected chi connectivity index (χ3v) is 0. The fraction of sp³-hybridized carbons (Fsp3) is 0. The zero-order valence-corrected chi connectivity index (χ0v) is 24.4. The van der Waals surface area contributed by atoms with Gasteiger partial charge in [-0.05, 0) is 0 Å². The Kier molecular flexibility index (Phi) is 1190. The molecule has 5 nitrogen and oxygen atoms in total. The Bertz CT molecular complexity index is 15.9. The van der Waals surface area contributed by atoms with Crippen LogP contribution in [0.25, 0.3) is 0 Å². The second-order valence-electron chi connectivity index (χ2n) is 0. The maximum Gasteiger partial charge on any atom is 1.00 e. The maximum atomic E-state index is 0. The molecule has 0 saturated carbocycles. The molecular weight excluding hydrogens is 425 g/mol. The van der Waals surface area contributed by atoms with Crippen molar-refractivity contribution < 1.29 is 205 Å². The van der Waals surface area contributed by atoms with Crippen molar-refractivity contribution >= 4 is 27.3 Å². The standard InChI is InChI=1S/6Na.5O.Pb/q6*+1;5*-2;. The van der Waals surface area contributed by atoms with Crippen LogP contribution in [0.15, 0.2) is 0 Å². The van der Waals surface area contributed by atoms with Gasteiger partial charge in [0, 0.05) is 27.3 Å². The Morgan fingerprint density at radius 1 is 0.250 bits per heavy atom. The molecule has 0 aromatic rings. The summed E-state index contributed by atoms with van der Waals surface area (Å²) >= 11 is 0. The summed E-state index contributed by atoms with van der Waals surface area (Å²) < 4.78 is 0. The van der Waals surface area contributed by atoms with E-state index in [0.29, 0.717) is 0 Å². The topological polar surface area (TPSA) is 142 Å². The molecule has 0 heterocycles. The summed E-state index contributed by atoms with van der Waals surface area (Å²) in [4.78, 5) is 0. The van der Waals surface area contributed by atoms with E-state index in [1.54, 1.807) is 0 Å². The third-order valence-electron chi connectivity index (χ3n) is 0. The van der Waals surface area contributed by atoms with Crippen LogP contribution >= 0.6 is 0 Å². The monoisotopic (exact) mass is 426 g/mol. The van der Waals surface area contributed by atoms with Gasteiger partial charge < -0.3 is 27.4 Å². The van der Waals surface area contributed by atoms with Crippen molar-refractivity contribution in [3.05, 3.63) is 0 Å². The van der Waals surface area contributed by atoms with Crippen molar-refractivity contribution in [2.24, 2.45) is 0 Å².